The molecule has 0 aromatic carbocycles. The van der Waals surface area contributed by atoms with E-state index in [-0.39, 0.29) is 0 Å². The molecular weight excluding hydrogens is 210 g/mol. The molecule has 0 radical (unpaired) electrons. The first-order valence-corrected chi connectivity index (χ1v) is 6.65. The van der Waals surface area contributed by atoms with Crippen molar-refractivity contribution in [3.8, 4) is 0 Å². The number of hydrogen-bond acceptors (Lipinski definition) is 3. The van der Waals surface area contributed by atoms with Crippen molar-refractivity contribution in [2.24, 2.45) is 17.8 Å². The maximum Gasteiger partial charge on any atom is 0.151 e. The molecule has 92 valence electrons. The summed E-state index contributed by atoms with van der Waals surface area (Å²) in [7, 11) is 2.12. The monoisotopic (exact) mass is 231 g/mol. The smallest absolute Gasteiger partial charge is 0.151 e. The van der Waals surface area contributed by atoms with Gasteiger partial charge in [-0.3, -0.25) is 0 Å². The first kappa shape index (κ1) is 10.9. The molecule has 17 heavy (non-hydrogen) atoms. The lowest BCUT2D eigenvalue weighted by molar-refractivity contribution is 0.337. The lowest BCUT2D eigenvalue weighted by Crippen LogP contribution is -2.29. The quantitative estimate of drug-likeness (QED) is 0.869. The minimum atomic E-state index is 0.790. The first-order chi connectivity index (χ1) is 8.24. The lowest BCUT2D eigenvalue weighted by atomic mass is 9.88. The summed E-state index contributed by atoms with van der Waals surface area (Å²) in [4.78, 5) is 6.62. The number of nitrogens with two attached hydrogens (primary N) is 1. The second kappa shape index (κ2) is 4.21. The van der Waals surface area contributed by atoms with Crippen LogP contribution in [0.2, 0.25) is 0 Å². The van der Waals surface area contributed by atoms with Gasteiger partial charge in [0.05, 0.1) is 5.69 Å². The summed E-state index contributed by atoms with van der Waals surface area (Å²) >= 11 is 0. The molecule has 0 saturated heterocycles. The van der Waals surface area contributed by atoms with Gasteiger partial charge in [0, 0.05) is 19.8 Å². The summed E-state index contributed by atoms with van der Waals surface area (Å²) < 4.78 is 0. The summed E-state index contributed by atoms with van der Waals surface area (Å²) in [5.41, 5.74) is 6.76. The zero-order valence-electron chi connectivity index (χ0n) is 10.5. The fourth-order valence-electron chi connectivity index (χ4n) is 3.77. The van der Waals surface area contributed by atoms with Gasteiger partial charge in [-0.2, -0.15) is 0 Å². The van der Waals surface area contributed by atoms with Gasteiger partial charge in [-0.25, -0.2) is 4.98 Å². The van der Waals surface area contributed by atoms with Crippen LogP contribution in [0, 0.1) is 17.8 Å². The Kier molecular flexibility index (Phi) is 2.69. The van der Waals surface area contributed by atoms with E-state index in [1.54, 1.807) is 0 Å². The molecule has 3 rings (SSSR count). The summed E-state index contributed by atoms with van der Waals surface area (Å²) in [5.74, 6) is 3.78. The highest BCUT2D eigenvalue weighted by Gasteiger charge is 2.39. The van der Waals surface area contributed by atoms with Crippen LogP contribution in [-0.4, -0.2) is 18.6 Å². The Bertz CT molecular complexity index is 404. The molecule has 2 aliphatic rings. The zero-order valence-corrected chi connectivity index (χ0v) is 10.5. The predicted octanol–water partition coefficient (Wildman–Crippen LogP) is 2.54. The van der Waals surface area contributed by atoms with Crippen LogP contribution < -0.4 is 10.6 Å². The molecule has 2 aliphatic carbocycles. The van der Waals surface area contributed by atoms with Crippen molar-refractivity contribution in [2.45, 2.75) is 25.7 Å². The fraction of sp³-hybridized carbons (Fsp3) is 0.643. The van der Waals surface area contributed by atoms with Gasteiger partial charge in [-0.1, -0.05) is 6.42 Å². The Balaban J connectivity index is 1.68. The normalized spacial score (nSPS) is 30.8. The van der Waals surface area contributed by atoms with E-state index in [1.165, 1.54) is 25.7 Å². The van der Waals surface area contributed by atoms with Crippen molar-refractivity contribution in [1.29, 1.82) is 0 Å². The number of pyridine rings is 1. The van der Waals surface area contributed by atoms with Gasteiger partial charge in [-0.05, 0) is 49.1 Å². The van der Waals surface area contributed by atoms with Crippen molar-refractivity contribution in [3.05, 3.63) is 18.3 Å². The van der Waals surface area contributed by atoms with Crippen molar-refractivity contribution in [3.63, 3.8) is 0 Å². The SMILES string of the molecule is CN(CC1CC2CCC1C2)c1ncccc1N. The van der Waals surface area contributed by atoms with Crippen molar-refractivity contribution in [1.82, 2.24) is 4.98 Å². The second-order valence-electron chi connectivity index (χ2n) is 5.73. The number of hydrogen-bond donors (Lipinski definition) is 1. The third-order valence-corrected chi connectivity index (χ3v) is 4.57. The van der Waals surface area contributed by atoms with Gasteiger partial charge in [0.1, 0.15) is 0 Å². The van der Waals surface area contributed by atoms with E-state index >= 15 is 0 Å². The van der Waals surface area contributed by atoms with E-state index < -0.39 is 0 Å². The van der Waals surface area contributed by atoms with Gasteiger partial charge in [0.25, 0.3) is 0 Å². The van der Waals surface area contributed by atoms with Gasteiger partial charge < -0.3 is 10.6 Å². The van der Waals surface area contributed by atoms with Gasteiger partial charge in [-0.15, -0.1) is 0 Å². The number of anilines is 2. The van der Waals surface area contributed by atoms with Crippen molar-refractivity contribution in [2.75, 3.05) is 24.2 Å². The number of nitrogens with zero attached hydrogens (tertiary/aromatic N) is 2. The molecule has 0 amide bonds. The average molecular weight is 231 g/mol. The molecule has 3 atom stereocenters. The van der Waals surface area contributed by atoms with Crippen LogP contribution >= 0.6 is 0 Å². The molecule has 3 nitrogen and oxygen atoms in total. The fourth-order valence-corrected chi connectivity index (χ4v) is 3.77. The molecule has 2 saturated carbocycles. The molecule has 0 aliphatic heterocycles. The number of rotatable bonds is 3. The Morgan fingerprint density at radius 1 is 1.41 bits per heavy atom. The molecule has 3 unspecified atom stereocenters. The van der Waals surface area contributed by atoms with Crippen LogP contribution in [0.5, 0.6) is 0 Å². The summed E-state index contributed by atoms with van der Waals surface area (Å²) in [6, 6.07) is 3.82. The summed E-state index contributed by atoms with van der Waals surface area (Å²) in [6.07, 6.45) is 7.62. The van der Waals surface area contributed by atoms with E-state index in [2.05, 4.69) is 16.9 Å². The second-order valence-corrected chi connectivity index (χ2v) is 5.73. The molecule has 1 heterocycles. The van der Waals surface area contributed by atoms with Crippen LogP contribution in [0.15, 0.2) is 18.3 Å². The van der Waals surface area contributed by atoms with E-state index in [1.807, 2.05) is 18.3 Å². The van der Waals surface area contributed by atoms with Gasteiger partial charge in [0.2, 0.25) is 0 Å². The topological polar surface area (TPSA) is 42.2 Å². The van der Waals surface area contributed by atoms with E-state index in [9.17, 15) is 0 Å². The van der Waals surface area contributed by atoms with Crippen LogP contribution in [0.3, 0.4) is 0 Å². The number of aromatic nitrogens is 1. The minimum Gasteiger partial charge on any atom is -0.396 e. The highest BCUT2D eigenvalue weighted by atomic mass is 15.2. The zero-order chi connectivity index (χ0) is 11.8. The van der Waals surface area contributed by atoms with E-state index in [0.29, 0.717) is 0 Å². The Morgan fingerprint density at radius 2 is 2.29 bits per heavy atom. The number of fused-ring (bicyclic) bond motifs is 2. The maximum absolute atomic E-state index is 5.97. The Hall–Kier alpha value is -1.25. The largest absolute Gasteiger partial charge is 0.396 e. The average Bonchev–Trinajstić information content (AvgIpc) is 2.91. The molecule has 2 N–H and O–H groups in total. The molecule has 2 bridgehead atoms. The standard InChI is InChI=1S/C14H21N3/c1-17(14-13(15)3-2-6-16-14)9-12-8-10-4-5-11(12)7-10/h2-3,6,10-12H,4-5,7-9,15H2,1H3. The molecule has 1 aromatic heterocycles. The third-order valence-electron chi connectivity index (χ3n) is 4.57. The maximum atomic E-state index is 5.97. The third kappa shape index (κ3) is 1.99. The molecule has 0 spiro atoms. The van der Waals surface area contributed by atoms with Crippen LogP contribution in [0.1, 0.15) is 25.7 Å². The number of nitrogen functional groups attached to an aromatic ring is 1. The van der Waals surface area contributed by atoms with Crippen molar-refractivity contribution >= 4 is 11.5 Å². The van der Waals surface area contributed by atoms with Gasteiger partial charge in [0.15, 0.2) is 5.82 Å². The van der Waals surface area contributed by atoms with Crippen LogP contribution in [0.25, 0.3) is 0 Å². The highest BCUT2D eigenvalue weighted by Crippen LogP contribution is 2.48. The summed E-state index contributed by atoms with van der Waals surface area (Å²) in [6.45, 7) is 1.11. The predicted molar refractivity (Wildman–Crippen MR) is 70.9 cm³/mol. The van der Waals surface area contributed by atoms with Crippen LogP contribution in [-0.2, 0) is 0 Å². The van der Waals surface area contributed by atoms with Gasteiger partial charge >= 0.3 is 0 Å². The lowest BCUT2D eigenvalue weighted by Gasteiger charge is -2.28. The Labute approximate surface area is 103 Å². The molecule has 2 fully saturated rings. The van der Waals surface area contributed by atoms with E-state index in [0.717, 1.165) is 35.8 Å². The summed E-state index contributed by atoms with van der Waals surface area (Å²) in [5, 5.41) is 0. The first-order valence-electron chi connectivity index (χ1n) is 6.65. The van der Waals surface area contributed by atoms with Crippen LogP contribution in [0.4, 0.5) is 11.5 Å². The van der Waals surface area contributed by atoms with Crippen molar-refractivity contribution < 1.29 is 0 Å². The Morgan fingerprint density at radius 3 is 2.94 bits per heavy atom. The minimum absolute atomic E-state index is 0.790. The van der Waals surface area contributed by atoms with E-state index in [4.69, 9.17) is 5.73 Å². The molecular formula is C14H21N3. The molecule has 3 heteroatoms. The highest BCUT2D eigenvalue weighted by molar-refractivity contribution is 5.61. The molecule has 1 aromatic rings.